The van der Waals surface area contributed by atoms with Gasteiger partial charge in [-0.1, -0.05) is 11.6 Å². The van der Waals surface area contributed by atoms with Crippen LogP contribution in [0.15, 0.2) is 24.3 Å². The summed E-state index contributed by atoms with van der Waals surface area (Å²) in [7, 11) is 1.79. The number of likely N-dealkylation sites (N-methyl/N-ethyl adjacent to an activating group) is 1. The van der Waals surface area contributed by atoms with Crippen LogP contribution in [0.25, 0.3) is 0 Å². The number of aliphatic hydroxyl groups is 1. The van der Waals surface area contributed by atoms with Gasteiger partial charge in [0.1, 0.15) is 0 Å². The number of hydroxylamine groups is 1. The number of hydrogen-bond acceptors (Lipinski definition) is 4. The van der Waals surface area contributed by atoms with Crippen LogP contribution in [0.2, 0.25) is 5.02 Å². The lowest BCUT2D eigenvalue weighted by Crippen LogP contribution is -2.42. The van der Waals surface area contributed by atoms with E-state index in [2.05, 4.69) is 5.48 Å². The molecule has 0 radical (unpaired) electrons. The first-order valence-electron chi connectivity index (χ1n) is 5.67. The molecule has 18 heavy (non-hydrogen) atoms. The van der Waals surface area contributed by atoms with Crippen molar-refractivity contribution in [1.82, 2.24) is 10.4 Å². The van der Waals surface area contributed by atoms with Gasteiger partial charge in [0, 0.05) is 11.6 Å². The van der Waals surface area contributed by atoms with Crippen LogP contribution in [0, 0.1) is 0 Å². The number of likely N-dealkylation sites (tertiary alicyclic amines) is 1. The van der Waals surface area contributed by atoms with Gasteiger partial charge in [0.15, 0.2) is 5.75 Å². The fourth-order valence-corrected chi connectivity index (χ4v) is 2.08. The van der Waals surface area contributed by atoms with Crippen LogP contribution in [-0.2, 0) is 4.79 Å². The van der Waals surface area contributed by atoms with Crippen LogP contribution < -0.4 is 10.3 Å². The molecule has 98 valence electrons. The Morgan fingerprint density at radius 2 is 2.17 bits per heavy atom. The zero-order chi connectivity index (χ0) is 13.1. The summed E-state index contributed by atoms with van der Waals surface area (Å²) >= 11 is 5.74. The smallest absolute Gasteiger partial charge is 0.270 e. The molecule has 1 aliphatic rings. The standard InChI is InChI=1S/C12H15ClN2O3/c1-15-7-9(16)6-11(15)12(17)14-18-10-4-2-8(13)3-5-10/h2-5,9,11,16H,6-7H2,1H3,(H,14,17). The van der Waals surface area contributed by atoms with Crippen molar-refractivity contribution < 1.29 is 14.7 Å². The van der Waals surface area contributed by atoms with Crippen molar-refractivity contribution in [2.45, 2.75) is 18.6 Å². The highest BCUT2D eigenvalue weighted by atomic mass is 35.5. The van der Waals surface area contributed by atoms with E-state index < -0.39 is 6.10 Å². The molecule has 0 spiro atoms. The number of nitrogens with zero attached hydrogens (tertiary/aromatic N) is 1. The van der Waals surface area contributed by atoms with Crippen molar-refractivity contribution in [1.29, 1.82) is 0 Å². The molecule has 1 aromatic rings. The second-order valence-electron chi connectivity index (χ2n) is 4.37. The fraction of sp³-hybridized carbons (Fsp3) is 0.417. The molecule has 2 atom stereocenters. The van der Waals surface area contributed by atoms with Crippen LogP contribution in [0.4, 0.5) is 0 Å². The van der Waals surface area contributed by atoms with Gasteiger partial charge >= 0.3 is 0 Å². The van der Waals surface area contributed by atoms with E-state index in [1.54, 1.807) is 36.2 Å². The number of rotatable bonds is 3. The number of carbonyl (C=O) groups is 1. The second-order valence-corrected chi connectivity index (χ2v) is 4.80. The predicted molar refractivity (Wildman–Crippen MR) is 67.3 cm³/mol. The van der Waals surface area contributed by atoms with E-state index in [4.69, 9.17) is 16.4 Å². The highest BCUT2D eigenvalue weighted by Gasteiger charge is 2.33. The van der Waals surface area contributed by atoms with Gasteiger partial charge in [0.2, 0.25) is 0 Å². The number of carbonyl (C=O) groups excluding carboxylic acids is 1. The molecule has 1 heterocycles. The molecule has 2 unspecified atom stereocenters. The number of β-amino-alcohol motifs (C(OH)–C–C–N with tert-alkyl or cyclic N) is 1. The quantitative estimate of drug-likeness (QED) is 0.798. The lowest BCUT2D eigenvalue weighted by atomic mass is 10.2. The molecule has 6 heteroatoms. The second kappa shape index (κ2) is 5.56. The molecule has 0 bridgehead atoms. The van der Waals surface area contributed by atoms with Crippen molar-refractivity contribution in [3.8, 4) is 5.75 Å². The number of nitrogens with one attached hydrogen (secondary N) is 1. The Morgan fingerprint density at radius 3 is 2.72 bits per heavy atom. The number of benzene rings is 1. The third kappa shape index (κ3) is 3.13. The molecule has 1 aliphatic heterocycles. The predicted octanol–water partition coefficient (Wildman–Crippen LogP) is 0.815. The Bertz CT molecular complexity index is 424. The van der Waals surface area contributed by atoms with E-state index in [0.29, 0.717) is 23.7 Å². The first-order valence-corrected chi connectivity index (χ1v) is 6.04. The Labute approximate surface area is 110 Å². The van der Waals surface area contributed by atoms with E-state index in [0.717, 1.165) is 0 Å². The van der Waals surface area contributed by atoms with Gasteiger partial charge in [0.05, 0.1) is 12.1 Å². The number of aliphatic hydroxyl groups excluding tert-OH is 1. The number of halogens is 1. The van der Waals surface area contributed by atoms with E-state index >= 15 is 0 Å². The molecule has 2 N–H and O–H groups in total. The lowest BCUT2D eigenvalue weighted by Gasteiger charge is -2.17. The highest BCUT2D eigenvalue weighted by Crippen LogP contribution is 2.17. The van der Waals surface area contributed by atoms with Gasteiger partial charge < -0.3 is 9.94 Å². The van der Waals surface area contributed by atoms with Gasteiger partial charge in [0.25, 0.3) is 5.91 Å². The van der Waals surface area contributed by atoms with Crippen LogP contribution in [0.3, 0.4) is 0 Å². The topological polar surface area (TPSA) is 61.8 Å². The molecule has 0 saturated carbocycles. The van der Waals surface area contributed by atoms with Gasteiger partial charge in [-0.3, -0.25) is 9.69 Å². The molecule has 0 aliphatic carbocycles. The van der Waals surface area contributed by atoms with E-state index in [1.807, 2.05) is 0 Å². The molecule has 2 rings (SSSR count). The average Bonchev–Trinajstić information content (AvgIpc) is 2.67. The van der Waals surface area contributed by atoms with Gasteiger partial charge in [-0.2, -0.15) is 5.48 Å². The van der Waals surface area contributed by atoms with Crippen molar-refractivity contribution >= 4 is 17.5 Å². The normalized spacial score (nSPS) is 23.9. The molecule has 1 saturated heterocycles. The number of amides is 1. The molecular formula is C12H15ClN2O3. The monoisotopic (exact) mass is 270 g/mol. The van der Waals surface area contributed by atoms with Crippen molar-refractivity contribution in [2.24, 2.45) is 0 Å². The van der Waals surface area contributed by atoms with Crippen LogP contribution >= 0.6 is 11.6 Å². The summed E-state index contributed by atoms with van der Waals surface area (Å²) in [6, 6.07) is 6.32. The zero-order valence-corrected chi connectivity index (χ0v) is 10.7. The largest absolute Gasteiger partial charge is 0.392 e. The minimum Gasteiger partial charge on any atom is -0.392 e. The van der Waals surface area contributed by atoms with Crippen LogP contribution in [0.5, 0.6) is 5.75 Å². The summed E-state index contributed by atoms with van der Waals surface area (Å²) in [6.07, 6.45) is -0.0342. The maximum atomic E-state index is 11.8. The van der Waals surface area contributed by atoms with Crippen molar-refractivity contribution in [2.75, 3.05) is 13.6 Å². The summed E-state index contributed by atoms with van der Waals surface area (Å²) in [6.45, 7) is 0.499. The van der Waals surface area contributed by atoms with Crippen molar-refractivity contribution in [3.63, 3.8) is 0 Å². The molecule has 0 aromatic heterocycles. The summed E-state index contributed by atoms with van der Waals surface area (Å²) in [5.41, 5.74) is 2.38. The zero-order valence-electron chi connectivity index (χ0n) is 9.97. The molecule has 1 fully saturated rings. The highest BCUT2D eigenvalue weighted by molar-refractivity contribution is 6.30. The number of hydrogen-bond donors (Lipinski definition) is 2. The van der Waals surface area contributed by atoms with Crippen LogP contribution in [0.1, 0.15) is 6.42 Å². The molecule has 1 aromatic carbocycles. The molecular weight excluding hydrogens is 256 g/mol. The minimum absolute atomic E-state index is 0.260. The Kier molecular flexibility index (Phi) is 4.06. The maximum Gasteiger partial charge on any atom is 0.270 e. The third-order valence-electron chi connectivity index (χ3n) is 2.91. The Hall–Kier alpha value is -1.30. The maximum absolute atomic E-state index is 11.8. The van der Waals surface area contributed by atoms with Gasteiger partial charge in [-0.15, -0.1) is 0 Å². The summed E-state index contributed by atoms with van der Waals surface area (Å²) in [5, 5.41) is 10.1. The van der Waals surface area contributed by atoms with E-state index in [1.165, 1.54) is 0 Å². The Balaban J connectivity index is 1.86. The first kappa shape index (κ1) is 13.1. The summed E-state index contributed by atoms with van der Waals surface area (Å²) in [5.74, 6) is 0.248. The fourth-order valence-electron chi connectivity index (χ4n) is 1.96. The van der Waals surface area contributed by atoms with Crippen LogP contribution in [-0.4, -0.2) is 41.7 Å². The van der Waals surface area contributed by atoms with Gasteiger partial charge in [-0.25, -0.2) is 0 Å². The minimum atomic E-state index is -0.457. The molecule has 1 amide bonds. The Morgan fingerprint density at radius 1 is 1.50 bits per heavy atom. The first-order chi connectivity index (χ1) is 8.56. The van der Waals surface area contributed by atoms with Gasteiger partial charge in [-0.05, 0) is 37.7 Å². The van der Waals surface area contributed by atoms with E-state index in [-0.39, 0.29) is 11.9 Å². The molecule has 5 nitrogen and oxygen atoms in total. The lowest BCUT2D eigenvalue weighted by molar-refractivity contribution is -0.131. The van der Waals surface area contributed by atoms with E-state index in [9.17, 15) is 9.90 Å². The third-order valence-corrected chi connectivity index (χ3v) is 3.16. The summed E-state index contributed by atoms with van der Waals surface area (Å²) in [4.78, 5) is 18.8. The van der Waals surface area contributed by atoms with Crippen molar-refractivity contribution in [3.05, 3.63) is 29.3 Å². The SMILES string of the molecule is CN1CC(O)CC1C(=O)NOc1ccc(Cl)cc1. The summed E-state index contributed by atoms with van der Waals surface area (Å²) < 4.78 is 0. The average molecular weight is 271 g/mol.